The number of rotatable bonds is 4. The van der Waals surface area contributed by atoms with Crippen LogP contribution in [0.3, 0.4) is 0 Å². The molecule has 116 valence electrons. The molecule has 1 aliphatic carbocycles. The van der Waals surface area contributed by atoms with Crippen molar-refractivity contribution in [2.75, 3.05) is 13.7 Å². The summed E-state index contributed by atoms with van der Waals surface area (Å²) in [6.45, 7) is 1.15. The third-order valence-electron chi connectivity index (χ3n) is 3.94. The van der Waals surface area contributed by atoms with Gasteiger partial charge in [0.05, 0.1) is 19.3 Å². The van der Waals surface area contributed by atoms with Crippen molar-refractivity contribution in [2.45, 2.75) is 32.2 Å². The highest BCUT2D eigenvalue weighted by Gasteiger charge is 2.22. The van der Waals surface area contributed by atoms with E-state index in [2.05, 4.69) is 15.0 Å². The Kier molecular flexibility index (Phi) is 4.37. The standard InChI is InChI=1S/C16H20N4O2/c1-22-16(21)18-10-11-20-14-8-3-2-6-12(14)15(19-20)13-7-4-5-9-17-13/h4-5,7,9H,2-3,6,8,10-11H2,1H3,(H,18,21). The molecule has 0 fully saturated rings. The maximum atomic E-state index is 11.1. The molecule has 0 unspecified atom stereocenters. The lowest BCUT2D eigenvalue weighted by atomic mass is 9.95. The van der Waals surface area contributed by atoms with Gasteiger partial charge >= 0.3 is 6.09 Å². The molecular formula is C16H20N4O2. The Labute approximate surface area is 129 Å². The summed E-state index contributed by atoms with van der Waals surface area (Å²) < 4.78 is 6.59. The summed E-state index contributed by atoms with van der Waals surface area (Å²) >= 11 is 0. The Hall–Kier alpha value is -2.37. The lowest BCUT2D eigenvalue weighted by Gasteiger charge is -2.14. The largest absolute Gasteiger partial charge is 0.453 e. The van der Waals surface area contributed by atoms with E-state index in [1.54, 1.807) is 6.20 Å². The van der Waals surface area contributed by atoms with Crippen molar-refractivity contribution < 1.29 is 9.53 Å². The number of fused-ring (bicyclic) bond motifs is 1. The van der Waals surface area contributed by atoms with Gasteiger partial charge in [-0.3, -0.25) is 9.67 Å². The van der Waals surface area contributed by atoms with Gasteiger partial charge in [-0.25, -0.2) is 4.79 Å². The molecule has 1 aliphatic rings. The van der Waals surface area contributed by atoms with Crippen molar-refractivity contribution in [2.24, 2.45) is 0 Å². The smallest absolute Gasteiger partial charge is 0.406 e. The van der Waals surface area contributed by atoms with Crippen LogP contribution in [0, 0.1) is 0 Å². The molecule has 0 atom stereocenters. The molecule has 0 saturated carbocycles. The number of pyridine rings is 1. The minimum Gasteiger partial charge on any atom is -0.453 e. The maximum absolute atomic E-state index is 11.1. The Bertz CT molecular complexity index is 652. The summed E-state index contributed by atoms with van der Waals surface area (Å²) in [5, 5.41) is 7.45. The van der Waals surface area contributed by atoms with Crippen LogP contribution in [0.4, 0.5) is 4.79 Å². The number of amides is 1. The predicted molar refractivity (Wildman–Crippen MR) is 82.5 cm³/mol. The third-order valence-corrected chi connectivity index (χ3v) is 3.94. The van der Waals surface area contributed by atoms with Crippen LogP contribution in [0.15, 0.2) is 24.4 Å². The highest BCUT2D eigenvalue weighted by atomic mass is 16.5. The lowest BCUT2D eigenvalue weighted by Crippen LogP contribution is -2.27. The minimum atomic E-state index is -0.411. The van der Waals surface area contributed by atoms with E-state index >= 15 is 0 Å². The highest BCUT2D eigenvalue weighted by Crippen LogP contribution is 2.30. The average molecular weight is 300 g/mol. The summed E-state index contributed by atoms with van der Waals surface area (Å²) in [5.74, 6) is 0. The summed E-state index contributed by atoms with van der Waals surface area (Å²) in [4.78, 5) is 15.6. The molecule has 22 heavy (non-hydrogen) atoms. The van der Waals surface area contributed by atoms with E-state index in [4.69, 9.17) is 5.10 Å². The first kappa shape index (κ1) is 14.6. The molecule has 6 heteroatoms. The fraction of sp³-hybridized carbons (Fsp3) is 0.438. The Morgan fingerprint density at radius 3 is 3.00 bits per heavy atom. The van der Waals surface area contributed by atoms with Gasteiger partial charge < -0.3 is 10.1 Å². The van der Waals surface area contributed by atoms with E-state index < -0.39 is 6.09 Å². The van der Waals surface area contributed by atoms with Crippen LogP contribution in [-0.4, -0.2) is 34.5 Å². The second kappa shape index (κ2) is 6.60. The molecule has 0 aromatic carbocycles. The van der Waals surface area contributed by atoms with Gasteiger partial charge in [0.15, 0.2) is 0 Å². The van der Waals surface area contributed by atoms with E-state index in [1.165, 1.54) is 31.2 Å². The molecule has 0 aliphatic heterocycles. The van der Waals surface area contributed by atoms with Gasteiger partial charge in [-0.1, -0.05) is 6.07 Å². The quantitative estimate of drug-likeness (QED) is 0.939. The molecule has 0 radical (unpaired) electrons. The molecule has 6 nitrogen and oxygen atoms in total. The van der Waals surface area contributed by atoms with Crippen LogP contribution in [0.5, 0.6) is 0 Å². The van der Waals surface area contributed by atoms with Crippen LogP contribution < -0.4 is 5.32 Å². The number of alkyl carbamates (subject to hydrolysis) is 1. The van der Waals surface area contributed by atoms with Crippen LogP contribution >= 0.6 is 0 Å². The van der Waals surface area contributed by atoms with Crippen LogP contribution in [0.2, 0.25) is 0 Å². The zero-order chi connectivity index (χ0) is 15.4. The van der Waals surface area contributed by atoms with Crippen molar-refractivity contribution in [1.29, 1.82) is 0 Å². The first-order chi connectivity index (χ1) is 10.8. The highest BCUT2D eigenvalue weighted by molar-refractivity contribution is 5.66. The number of aromatic nitrogens is 3. The third kappa shape index (κ3) is 2.95. The number of carbonyl (C=O) groups excluding carboxylic acids is 1. The topological polar surface area (TPSA) is 69.0 Å². The zero-order valence-electron chi connectivity index (χ0n) is 12.7. The molecule has 1 amide bonds. The Morgan fingerprint density at radius 2 is 2.23 bits per heavy atom. The van der Waals surface area contributed by atoms with Gasteiger partial charge in [0.25, 0.3) is 0 Å². The number of hydrogen-bond acceptors (Lipinski definition) is 4. The van der Waals surface area contributed by atoms with Gasteiger partial charge in [0, 0.05) is 24.0 Å². The number of nitrogens with zero attached hydrogens (tertiary/aromatic N) is 3. The molecule has 2 aromatic heterocycles. The van der Waals surface area contributed by atoms with E-state index in [1.807, 2.05) is 22.9 Å². The van der Waals surface area contributed by atoms with Crippen molar-refractivity contribution in [1.82, 2.24) is 20.1 Å². The average Bonchev–Trinajstić information content (AvgIpc) is 2.94. The molecule has 3 rings (SSSR count). The fourth-order valence-corrected chi connectivity index (χ4v) is 2.90. The Morgan fingerprint density at radius 1 is 1.36 bits per heavy atom. The van der Waals surface area contributed by atoms with Gasteiger partial charge in [-0.05, 0) is 37.8 Å². The molecule has 1 N–H and O–H groups in total. The molecule has 2 aromatic rings. The van der Waals surface area contributed by atoms with Crippen LogP contribution in [0.1, 0.15) is 24.1 Å². The van der Waals surface area contributed by atoms with E-state index in [0.29, 0.717) is 13.1 Å². The van der Waals surface area contributed by atoms with Gasteiger partial charge in [0.1, 0.15) is 5.69 Å². The maximum Gasteiger partial charge on any atom is 0.406 e. The summed E-state index contributed by atoms with van der Waals surface area (Å²) in [5.41, 5.74) is 4.48. The lowest BCUT2D eigenvalue weighted by molar-refractivity contribution is 0.170. The van der Waals surface area contributed by atoms with Crippen molar-refractivity contribution in [3.05, 3.63) is 35.7 Å². The zero-order valence-corrected chi connectivity index (χ0v) is 12.7. The van der Waals surface area contributed by atoms with Gasteiger partial charge in [0.2, 0.25) is 0 Å². The molecule has 2 heterocycles. The first-order valence-corrected chi connectivity index (χ1v) is 7.61. The summed E-state index contributed by atoms with van der Waals surface area (Å²) in [6, 6.07) is 5.89. The van der Waals surface area contributed by atoms with Gasteiger partial charge in [-0.15, -0.1) is 0 Å². The number of carbonyl (C=O) groups is 1. The molecule has 0 spiro atoms. The second-order valence-electron chi connectivity index (χ2n) is 5.34. The second-order valence-corrected chi connectivity index (χ2v) is 5.34. The number of nitrogens with one attached hydrogen (secondary N) is 1. The normalized spacial score (nSPS) is 13.5. The fourth-order valence-electron chi connectivity index (χ4n) is 2.90. The molecule has 0 saturated heterocycles. The van der Waals surface area contributed by atoms with Crippen molar-refractivity contribution >= 4 is 6.09 Å². The summed E-state index contributed by atoms with van der Waals surface area (Å²) in [6.07, 6.45) is 5.84. The minimum absolute atomic E-state index is 0.411. The number of ether oxygens (including phenoxy) is 1. The van der Waals surface area contributed by atoms with E-state index in [9.17, 15) is 4.79 Å². The van der Waals surface area contributed by atoms with Crippen LogP contribution in [-0.2, 0) is 24.1 Å². The number of hydrogen-bond donors (Lipinski definition) is 1. The Balaban J connectivity index is 1.84. The summed E-state index contributed by atoms with van der Waals surface area (Å²) in [7, 11) is 1.37. The molecule has 0 bridgehead atoms. The van der Waals surface area contributed by atoms with Crippen molar-refractivity contribution in [3.63, 3.8) is 0 Å². The predicted octanol–water partition coefficient (Wildman–Crippen LogP) is 2.18. The van der Waals surface area contributed by atoms with E-state index in [0.717, 1.165) is 24.2 Å². The van der Waals surface area contributed by atoms with Gasteiger partial charge in [-0.2, -0.15) is 5.10 Å². The molecular weight excluding hydrogens is 280 g/mol. The SMILES string of the molecule is COC(=O)NCCn1nc(-c2ccccn2)c2c1CCCC2. The first-order valence-electron chi connectivity index (χ1n) is 7.61. The number of methoxy groups -OCH3 is 1. The monoisotopic (exact) mass is 300 g/mol. The van der Waals surface area contributed by atoms with Crippen LogP contribution in [0.25, 0.3) is 11.4 Å². The van der Waals surface area contributed by atoms with Crippen molar-refractivity contribution in [3.8, 4) is 11.4 Å². The van der Waals surface area contributed by atoms with E-state index in [-0.39, 0.29) is 0 Å².